The van der Waals surface area contributed by atoms with E-state index in [1.807, 2.05) is 0 Å². The second-order valence-corrected chi connectivity index (χ2v) is 8.74. The van der Waals surface area contributed by atoms with Crippen molar-refractivity contribution in [3.05, 3.63) is 59.9 Å². The number of hydrogen-bond acceptors (Lipinski definition) is 3. The fourth-order valence-electron chi connectivity index (χ4n) is 2.95. The molecule has 1 fully saturated rings. The molecule has 0 heterocycles. The summed E-state index contributed by atoms with van der Waals surface area (Å²) in [6, 6.07) is 13.2. The third kappa shape index (κ3) is 4.89. The number of rotatable bonds is 7. The molecule has 3 rings (SSSR count). The summed E-state index contributed by atoms with van der Waals surface area (Å²) < 4.78 is 37.2. The largest absolute Gasteiger partial charge is 0.321 e. The van der Waals surface area contributed by atoms with Crippen LogP contribution in [-0.2, 0) is 21.2 Å². The van der Waals surface area contributed by atoms with E-state index in [2.05, 4.69) is 5.32 Å². The lowest BCUT2D eigenvalue weighted by molar-refractivity contribution is -0.917. The van der Waals surface area contributed by atoms with Gasteiger partial charge >= 0.3 is 0 Å². The highest BCUT2D eigenvalue weighted by Gasteiger charge is 2.35. The first-order valence-electron chi connectivity index (χ1n) is 8.51. The van der Waals surface area contributed by atoms with Gasteiger partial charge in [0, 0.05) is 30.3 Å². The van der Waals surface area contributed by atoms with Crippen molar-refractivity contribution in [2.45, 2.75) is 30.3 Å². The first kappa shape index (κ1) is 18.5. The molecule has 0 saturated heterocycles. The number of benzene rings is 2. The molecule has 2 aromatic carbocycles. The van der Waals surface area contributed by atoms with Crippen molar-refractivity contribution in [2.75, 3.05) is 18.1 Å². The Hall–Kier alpha value is -2.25. The molecule has 1 aliphatic carbocycles. The van der Waals surface area contributed by atoms with Crippen LogP contribution in [0.2, 0.25) is 0 Å². The number of sulfone groups is 1. The van der Waals surface area contributed by atoms with Crippen LogP contribution in [0.25, 0.3) is 0 Å². The Morgan fingerprint density at radius 3 is 2.58 bits per heavy atom. The molecule has 1 unspecified atom stereocenters. The van der Waals surface area contributed by atoms with E-state index in [4.69, 9.17) is 0 Å². The van der Waals surface area contributed by atoms with Crippen molar-refractivity contribution in [1.82, 2.24) is 0 Å². The summed E-state index contributed by atoms with van der Waals surface area (Å²) in [6.45, 7) is 0.663. The molecule has 26 heavy (non-hydrogen) atoms. The minimum Gasteiger partial charge on any atom is -0.321 e. The molecule has 0 spiro atoms. The molecule has 1 saturated carbocycles. The van der Waals surface area contributed by atoms with Gasteiger partial charge < -0.3 is 10.2 Å². The first-order valence-corrected chi connectivity index (χ1v) is 10.4. The lowest BCUT2D eigenvalue weighted by Gasteiger charge is -2.19. The number of quaternary nitrogens is 1. The number of amides is 1. The molecular formula is C19H22FN2O3S+. The lowest BCUT2D eigenvalue weighted by Crippen LogP contribution is -3.13. The van der Waals surface area contributed by atoms with Gasteiger partial charge in [-0.3, -0.25) is 4.79 Å². The highest BCUT2D eigenvalue weighted by molar-refractivity contribution is 7.90. The average molecular weight is 377 g/mol. The zero-order valence-electron chi connectivity index (χ0n) is 14.5. The summed E-state index contributed by atoms with van der Waals surface area (Å²) in [6.07, 6.45) is 3.18. The summed E-state index contributed by atoms with van der Waals surface area (Å²) in [5.41, 5.74) is 1.04. The Kier molecular flexibility index (Phi) is 5.38. The Morgan fingerprint density at radius 2 is 1.92 bits per heavy atom. The fourth-order valence-corrected chi connectivity index (χ4v) is 3.61. The van der Waals surface area contributed by atoms with E-state index in [0.29, 0.717) is 23.8 Å². The lowest BCUT2D eigenvalue weighted by atomic mass is 10.2. The van der Waals surface area contributed by atoms with Crippen LogP contribution in [0.4, 0.5) is 10.1 Å². The third-order valence-electron chi connectivity index (χ3n) is 4.46. The maximum absolute atomic E-state index is 13.9. The molecule has 0 radical (unpaired) electrons. The van der Waals surface area contributed by atoms with E-state index in [9.17, 15) is 17.6 Å². The van der Waals surface area contributed by atoms with Crippen molar-refractivity contribution < 1.29 is 22.5 Å². The van der Waals surface area contributed by atoms with Gasteiger partial charge in [0.25, 0.3) is 5.91 Å². The first-order chi connectivity index (χ1) is 12.3. The molecule has 0 aliphatic heterocycles. The van der Waals surface area contributed by atoms with Crippen LogP contribution in [0.15, 0.2) is 53.4 Å². The molecule has 0 aromatic heterocycles. The van der Waals surface area contributed by atoms with Crippen LogP contribution >= 0.6 is 0 Å². The molecule has 1 aliphatic rings. The van der Waals surface area contributed by atoms with Crippen LogP contribution in [0.5, 0.6) is 0 Å². The normalized spacial score (nSPS) is 15.5. The summed E-state index contributed by atoms with van der Waals surface area (Å²) in [7, 11) is -3.33. The molecule has 1 amide bonds. The standard InChI is InChI=1S/C19H21FN2O3S/c1-26(24,25)17-7-4-6-15(11-17)21-19(23)13-22(16-9-10-16)12-14-5-2-3-8-18(14)20/h2-8,11,16H,9-10,12-13H2,1H3,(H,21,23)/p+1. The highest BCUT2D eigenvalue weighted by atomic mass is 32.2. The minimum absolute atomic E-state index is 0.160. The monoisotopic (exact) mass is 377 g/mol. The molecule has 1 atom stereocenters. The number of anilines is 1. The van der Waals surface area contributed by atoms with E-state index in [1.165, 1.54) is 18.2 Å². The van der Waals surface area contributed by atoms with Gasteiger partial charge in [-0.1, -0.05) is 24.3 Å². The van der Waals surface area contributed by atoms with Crippen LogP contribution in [0.3, 0.4) is 0 Å². The topological polar surface area (TPSA) is 67.7 Å². The summed E-state index contributed by atoms with van der Waals surface area (Å²) >= 11 is 0. The Balaban J connectivity index is 1.67. The van der Waals surface area contributed by atoms with Crippen molar-refractivity contribution in [1.29, 1.82) is 0 Å². The SMILES string of the molecule is CS(=O)(=O)c1cccc(NC(=O)C[NH+](Cc2ccccc2F)C2CC2)c1. The van der Waals surface area contributed by atoms with Crippen LogP contribution < -0.4 is 10.2 Å². The van der Waals surface area contributed by atoms with E-state index in [-0.39, 0.29) is 23.2 Å². The van der Waals surface area contributed by atoms with Crippen molar-refractivity contribution in [2.24, 2.45) is 0 Å². The Labute approximate surface area is 152 Å². The quantitative estimate of drug-likeness (QED) is 0.767. The van der Waals surface area contributed by atoms with Crippen LogP contribution in [-0.4, -0.2) is 33.2 Å². The van der Waals surface area contributed by atoms with Crippen molar-refractivity contribution in [3.63, 3.8) is 0 Å². The number of carbonyl (C=O) groups is 1. The molecular weight excluding hydrogens is 355 g/mol. The number of hydrogen-bond donors (Lipinski definition) is 2. The minimum atomic E-state index is -3.33. The fraction of sp³-hybridized carbons (Fsp3) is 0.316. The van der Waals surface area contributed by atoms with Crippen molar-refractivity contribution in [3.8, 4) is 0 Å². The van der Waals surface area contributed by atoms with E-state index in [0.717, 1.165) is 24.0 Å². The van der Waals surface area contributed by atoms with E-state index in [1.54, 1.807) is 30.3 Å². The van der Waals surface area contributed by atoms with Gasteiger partial charge in [0.15, 0.2) is 16.4 Å². The second kappa shape index (κ2) is 7.55. The Bertz CT molecular complexity index is 911. The molecule has 0 bridgehead atoms. The second-order valence-electron chi connectivity index (χ2n) is 6.73. The van der Waals surface area contributed by atoms with Gasteiger partial charge in [-0.25, -0.2) is 12.8 Å². The van der Waals surface area contributed by atoms with Gasteiger partial charge in [0.05, 0.1) is 10.9 Å². The zero-order chi connectivity index (χ0) is 18.7. The predicted molar refractivity (Wildman–Crippen MR) is 97.1 cm³/mol. The highest BCUT2D eigenvalue weighted by Crippen LogP contribution is 2.17. The zero-order valence-corrected chi connectivity index (χ0v) is 15.4. The predicted octanol–water partition coefficient (Wildman–Crippen LogP) is 1.42. The van der Waals surface area contributed by atoms with Crippen LogP contribution in [0.1, 0.15) is 18.4 Å². The van der Waals surface area contributed by atoms with E-state index < -0.39 is 9.84 Å². The van der Waals surface area contributed by atoms with E-state index >= 15 is 0 Å². The summed E-state index contributed by atoms with van der Waals surface area (Å²) in [5.74, 6) is -0.471. The van der Waals surface area contributed by atoms with Gasteiger partial charge in [-0.05, 0) is 24.3 Å². The summed E-state index contributed by atoms with van der Waals surface area (Å²) in [5, 5.41) is 2.75. The molecule has 5 nitrogen and oxygen atoms in total. The number of nitrogens with one attached hydrogen (secondary N) is 2. The molecule has 2 aromatic rings. The number of carbonyl (C=O) groups excluding carboxylic acids is 1. The molecule has 7 heteroatoms. The third-order valence-corrected chi connectivity index (χ3v) is 5.57. The van der Waals surface area contributed by atoms with Gasteiger partial charge in [0.1, 0.15) is 12.4 Å². The Morgan fingerprint density at radius 1 is 1.19 bits per heavy atom. The van der Waals surface area contributed by atoms with Crippen LogP contribution in [0, 0.1) is 5.82 Å². The maximum atomic E-state index is 13.9. The van der Waals surface area contributed by atoms with Crippen molar-refractivity contribution >= 4 is 21.4 Å². The average Bonchev–Trinajstić information content (AvgIpc) is 3.40. The maximum Gasteiger partial charge on any atom is 0.279 e. The van der Waals surface area contributed by atoms with Gasteiger partial charge in [-0.2, -0.15) is 0 Å². The van der Waals surface area contributed by atoms with Gasteiger partial charge in [0.2, 0.25) is 0 Å². The summed E-state index contributed by atoms with van der Waals surface area (Å²) in [4.78, 5) is 13.6. The molecule has 2 N–H and O–H groups in total. The molecule has 138 valence electrons. The smallest absolute Gasteiger partial charge is 0.279 e. The number of halogens is 1. The van der Waals surface area contributed by atoms with Gasteiger partial charge in [-0.15, -0.1) is 0 Å².